The molecule has 0 aliphatic rings. The lowest BCUT2D eigenvalue weighted by Gasteiger charge is -2.28. The minimum atomic E-state index is -2.40. The molecule has 0 bridgehead atoms. The Bertz CT molecular complexity index is 152. The fraction of sp³-hybridized carbons (Fsp3) is 1.00. The highest BCUT2D eigenvalue weighted by Crippen LogP contribution is 2.27. The lowest BCUT2D eigenvalue weighted by atomic mass is 10.6. The zero-order valence-electron chi connectivity index (χ0n) is 11.1. The molecule has 0 N–H and O–H groups in total. The number of halogens is 1. The maximum atomic E-state index is 5.66. The van der Waals surface area contributed by atoms with E-state index in [1.807, 2.05) is 20.8 Å². The molecule has 0 amide bonds. The van der Waals surface area contributed by atoms with E-state index in [0.717, 1.165) is 12.5 Å². The first kappa shape index (κ1) is 22.1. The molecule has 0 saturated carbocycles. The molecule has 0 aromatic heterocycles. The summed E-state index contributed by atoms with van der Waals surface area (Å²) in [4.78, 5) is 0. The summed E-state index contributed by atoms with van der Waals surface area (Å²) in [5, 5.41) is 0. The van der Waals surface area contributed by atoms with Crippen LogP contribution >= 0.6 is 54.6 Å². The van der Waals surface area contributed by atoms with Crippen molar-refractivity contribution in [1.29, 1.82) is 0 Å². The van der Waals surface area contributed by atoms with Gasteiger partial charge in [-0.15, -0.1) is 11.6 Å². The normalized spacial score (nSPS) is 11.0. The lowest BCUT2D eigenvalue weighted by molar-refractivity contribution is 0.0712. The molecule has 0 saturated heterocycles. The number of thiol groups is 2. The highest BCUT2D eigenvalue weighted by Gasteiger charge is 2.39. The second kappa shape index (κ2) is 16.8. The van der Waals surface area contributed by atoms with Gasteiger partial charge in [-0.25, -0.2) is 0 Å². The van der Waals surface area contributed by atoms with Gasteiger partial charge >= 0.3 is 8.80 Å². The third kappa shape index (κ3) is 12.8. The van der Waals surface area contributed by atoms with Crippen LogP contribution in [0.3, 0.4) is 0 Å². The zero-order chi connectivity index (χ0) is 14.3. The first-order valence-electron chi connectivity index (χ1n) is 5.75. The number of alkyl halides is 1. The molecule has 3 nitrogen and oxygen atoms in total. The van der Waals surface area contributed by atoms with E-state index in [-0.39, 0.29) is 0 Å². The highest BCUT2D eigenvalue weighted by molar-refractivity contribution is 9.21. The van der Waals surface area contributed by atoms with E-state index >= 15 is 0 Å². The van der Waals surface area contributed by atoms with Crippen LogP contribution < -0.4 is 0 Å². The molecule has 0 rings (SSSR count). The second-order valence-corrected chi connectivity index (χ2v) is 9.91. The molecule has 9 heteroatoms. The van der Waals surface area contributed by atoms with E-state index in [2.05, 4.69) is 23.3 Å². The maximum Gasteiger partial charge on any atom is 0.500 e. The monoisotopic (exact) mass is 370 g/mol. The number of hydrogen-bond donors (Lipinski definition) is 2. The molecule has 0 heterocycles. The smallest absolute Gasteiger partial charge is 0.374 e. The van der Waals surface area contributed by atoms with Gasteiger partial charge in [0.25, 0.3) is 0 Å². The molecule has 0 aliphatic heterocycles. The minimum absolute atomic E-state index is 0.627. The van der Waals surface area contributed by atoms with Gasteiger partial charge in [0, 0.05) is 31.7 Å². The van der Waals surface area contributed by atoms with Crippen molar-refractivity contribution in [2.24, 2.45) is 0 Å². The van der Waals surface area contributed by atoms with E-state index in [4.69, 9.17) is 24.9 Å². The van der Waals surface area contributed by atoms with Crippen molar-refractivity contribution in [2.75, 3.05) is 25.7 Å². The minimum Gasteiger partial charge on any atom is -0.374 e. The van der Waals surface area contributed by atoms with Gasteiger partial charge in [-0.1, -0.05) is 23.3 Å². The number of rotatable bonds is 10. The SMILES string of the molecule is CCO[Si](CCCCl)(OCC)OCC.SSSS. The molecule has 0 unspecified atom stereocenters. The van der Waals surface area contributed by atoms with E-state index < -0.39 is 8.80 Å². The summed E-state index contributed by atoms with van der Waals surface area (Å²) in [7, 11) is 0.263. The molecule has 18 heavy (non-hydrogen) atoms. The predicted octanol–water partition coefficient (Wildman–Crippen LogP) is 4.72. The van der Waals surface area contributed by atoms with Crippen LogP contribution in [0, 0.1) is 0 Å². The van der Waals surface area contributed by atoms with Gasteiger partial charge < -0.3 is 13.3 Å². The average Bonchev–Trinajstić information content (AvgIpc) is 2.38. The summed E-state index contributed by atoms with van der Waals surface area (Å²) < 4.78 is 16.9. The summed E-state index contributed by atoms with van der Waals surface area (Å²) in [6, 6.07) is 0.812. The molecular weight excluding hydrogens is 348 g/mol. The highest BCUT2D eigenvalue weighted by atomic mass is 35.5. The van der Waals surface area contributed by atoms with E-state index in [1.54, 1.807) is 0 Å². The van der Waals surface area contributed by atoms with E-state index in [0.29, 0.717) is 25.7 Å². The average molecular weight is 371 g/mol. The van der Waals surface area contributed by atoms with Gasteiger partial charge in [0.2, 0.25) is 0 Å². The Morgan fingerprint density at radius 3 is 1.56 bits per heavy atom. The first-order chi connectivity index (χ1) is 8.66. The van der Waals surface area contributed by atoms with Crippen LogP contribution in [0.4, 0.5) is 0 Å². The van der Waals surface area contributed by atoms with Crippen molar-refractivity contribution in [1.82, 2.24) is 0 Å². The molecule has 0 aromatic carbocycles. The van der Waals surface area contributed by atoms with Crippen LogP contribution in [-0.2, 0) is 13.3 Å². The van der Waals surface area contributed by atoms with Crippen LogP contribution in [-0.4, -0.2) is 34.5 Å². The van der Waals surface area contributed by atoms with Crippen LogP contribution in [0.1, 0.15) is 27.2 Å². The molecule has 0 radical (unpaired) electrons. The van der Waals surface area contributed by atoms with Gasteiger partial charge in [0.05, 0.1) is 0 Å². The Balaban J connectivity index is 0. The Morgan fingerprint density at radius 2 is 1.33 bits per heavy atom. The van der Waals surface area contributed by atoms with Gasteiger partial charge in [-0.2, -0.15) is 0 Å². The second-order valence-electron chi connectivity index (χ2n) is 2.92. The summed E-state index contributed by atoms with van der Waals surface area (Å²) in [5.41, 5.74) is 0. The van der Waals surface area contributed by atoms with Gasteiger partial charge in [0.15, 0.2) is 0 Å². The lowest BCUT2D eigenvalue weighted by Crippen LogP contribution is -2.46. The van der Waals surface area contributed by atoms with Crippen molar-refractivity contribution in [3.8, 4) is 0 Å². The standard InChI is InChI=1S/C9H21ClO3Si.H2S4/c1-4-11-14(12-5-2,13-6-3)9-7-8-10;1-3-4-2/h4-9H2,1-3H3;1-2H. The Labute approximate surface area is 135 Å². The third-order valence-electron chi connectivity index (χ3n) is 1.74. The molecule has 0 aliphatic carbocycles. The van der Waals surface area contributed by atoms with Crippen LogP contribution in [0.5, 0.6) is 0 Å². The van der Waals surface area contributed by atoms with Crippen LogP contribution in [0.25, 0.3) is 0 Å². The quantitative estimate of drug-likeness (QED) is 0.251. The molecule has 0 atom stereocenters. The largest absolute Gasteiger partial charge is 0.500 e. The van der Waals surface area contributed by atoms with Crippen LogP contribution in [0.15, 0.2) is 0 Å². The molecule has 0 aromatic rings. The Morgan fingerprint density at radius 1 is 0.944 bits per heavy atom. The Kier molecular flexibility index (Phi) is 20.7. The maximum absolute atomic E-state index is 5.66. The summed E-state index contributed by atoms with van der Waals surface area (Å²) in [6.07, 6.45) is 0.883. The summed E-state index contributed by atoms with van der Waals surface area (Å²) in [5.74, 6) is 0.627. The first-order valence-corrected chi connectivity index (χ1v) is 12.5. The fourth-order valence-corrected chi connectivity index (χ4v) is 4.25. The van der Waals surface area contributed by atoms with Gasteiger partial charge in [-0.3, -0.25) is 0 Å². The van der Waals surface area contributed by atoms with Gasteiger partial charge in [0.1, 0.15) is 0 Å². The van der Waals surface area contributed by atoms with Crippen molar-refractivity contribution in [3.63, 3.8) is 0 Å². The van der Waals surface area contributed by atoms with Crippen molar-refractivity contribution in [3.05, 3.63) is 0 Å². The molecule has 112 valence electrons. The Hall–Kier alpha value is 1.79. The summed E-state index contributed by atoms with van der Waals surface area (Å²) >= 11 is 13.1. The zero-order valence-corrected chi connectivity index (χ0v) is 16.2. The number of hydrogen-bond acceptors (Lipinski definition) is 7. The third-order valence-corrected chi connectivity index (χ3v) is 7.83. The topological polar surface area (TPSA) is 27.7 Å². The summed E-state index contributed by atoms with van der Waals surface area (Å²) in [6.45, 7) is 7.78. The van der Waals surface area contributed by atoms with Crippen molar-refractivity contribution >= 4 is 63.4 Å². The predicted molar refractivity (Wildman–Crippen MR) is 93.9 cm³/mol. The fourth-order valence-electron chi connectivity index (χ4n) is 1.28. The van der Waals surface area contributed by atoms with Crippen LogP contribution in [0.2, 0.25) is 6.04 Å². The van der Waals surface area contributed by atoms with Gasteiger partial charge in [-0.05, 0) is 46.8 Å². The van der Waals surface area contributed by atoms with Crippen molar-refractivity contribution in [2.45, 2.75) is 33.2 Å². The molecule has 0 spiro atoms. The molecular formula is C9H23ClO3S4Si. The molecule has 0 fully saturated rings. The van der Waals surface area contributed by atoms with Crippen molar-refractivity contribution < 1.29 is 13.3 Å². The van der Waals surface area contributed by atoms with E-state index in [1.165, 1.54) is 19.7 Å². The van der Waals surface area contributed by atoms with E-state index in [9.17, 15) is 0 Å².